The number of hydrogen-bond donors (Lipinski definition) is 1. The van der Waals surface area contributed by atoms with Crippen LogP contribution >= 0.6 is 0 Å². The second kappa shape index (κ2) is 19.3. The van der Waals surface area contributed by atoms with Crippen LogP contribution in [0.1, 0.15) is 90.4 Å². The first-order valence-corrected chi connectivity index (χ1v) is 11.1. The maximum atomic E-state index is 11.4. The van der Waals surface area contributed by atoms with Crippen LogP contribution in [0.5, 0.6) is 0 Å². The van der Waals surface area contributed by atoms with E-state index in [0.717, 1.165) is 19.3 Å². The van der Waals surface area contributed by atoms with Crippen molar-refractivity contribution in [1.29, 1.82) is 0 Å². The van der Waals surface area contributed by atoms with Crippen molar-refractivity contribution in [2.45, 2.75) is 95.1 Å². The van der Waals surface area contributed by atoms with Crippen LogP contribution in [0.4, 0.5) is 0 Å². The Hall–Kier alpha value is 0.590. The number of carbonyl (C=O) groups is 2. The topological polar surface area (TPSA) is 135 Å². The molecule has 0 aliphatic carbocycles. The fraction of sp³-hybridized carbons (Fsp3) is 0.789. The quantitative estimate of drug-likeness (QED) is 0.103. The molecule has 0 rings (SSSR count). The summed E-state index contributed by atoms with van der Waals surface area (Å²) in [4.78, 5) is 21.9. The van der Waals surface area contributed by atoms with Gasteiger partial charge in [-0.15, -0.1) is 0 Å². The van der Waals surface area contributed by atoms with E-state index in [9.17, 15) is 28.2 Å². The Labute approximate surface area is 219 Å². The number of rotatable bonds is 17. The second-order valence-electron chi connectivity index (χ2n) is 6.95. The number of allylic oxidation sites excluding steroid dienone is 2. The molecule has 0 spiro atoms. The fourth-order valence-corrected chi connectivity index (χ4v) is 3.72. The van der Waals surface area contributed by atoms with E-state index in [4.69, 9.17) is 4.55 Å². The molecule has 0 aromatic carbocycles. The van der Waals surface area contributed by atoms with E-state index >= 15 is 0 Å². The molecule has 0 saturated carbocycles. The van der Waals surface area contributed by atoms with E-state index in [0.29, 0.717) is 6.42 Å². The van der Waals surface area contributed by atoms with Gasteiger partial charge in [-0.2, -0.15) is 8.42 Å². The van der Waals surface area contributed by atoms with Crippen LogP contribution in [0, 0.1) is 0 Å². The van der Waals surface area contributed by atoms with Gasteiger partial charge in [0, 0.05) is 12.4 Å². The smallest absolute Gasteiger partial charge is 0.550 e. The summed E-state index contributed by atoms with van der Waals surface area (Å²) < 4.78 is 29.0. The normalized spacial score (nSPS) is 13.3. The third-order valence-electron chi connectivity index (χ3n) is 4.63. The molecule has 1 atom stereocenters. The van der Waals surface area contributed by atoms with Gasteiger partial charge in [0.25, 0.3) is 10.1 Å². The number of carbonyl (C=O) groups excluding carboxylic acids is 2. The molecule has 1 unspecified atom stereocenters. The van der Waals surface area contributed by atoms with E-state index < -0.39 is 39.6 Å². The molecule has 29 heavy (non-hydrogen) atoms. The van der Waals surface area contributed by atoms with Gasteiger partial charge < -0.3 is 19.8 Å². The molecular formula is C19H32Na2O7S. The third-order valence-corrected chi connectivity index (χ3v) is 6.10. The number of unbranched alkanes of at least 4 members (excludes halogenated alkanes) is 10. The number of hydrogen-bond acceptors (Lipinski definition) is 6. The van der Waals surface area contributed by atoms with Gasteiger partial charge in [0.05, 0.1) is 5.97 Å². The summed E-state index contributed by atoms with van der Waals surface area (Å²) in [5, 5.41) is 21.9. The van der Waals surface area contributed by atoms with Crippen molar-refractivity contribution in [3.63, 3.8) is 0 Å². The van der Waals surface area contributed by atoms with Crippen molar-refractivity contribution < 1.29 is 91.9 Å². The minimum Gasteiger partial charge on any atom is -0.550 e. The SMILES string of the molecule is CCCCCCCCCCCCC=CCC(CC(=O)[O-])(C(=O)[O-])S(=O)(=O)O.[Na+].[Na+]. The predicted octanol–water partition coefficient (Wildman–Crippen LogP) is -4.23. The molecule has 158 valence electrons. The van der Waals surface area contributed by atoms with Gasteiger partial charge in [-0.05, 0) is 19.3 Å². The first kappa shape index (κ1) is 34.2. The molecule has 0 aliphatic rings. The first-order valence-electron chi connectivity index (χ1n) is 9.70. The molecular weight excluding hydrogens is 418 g/mol. The van der Waals surface area contributed by atoms with Gasteiger partial charge >= 0.3 is 59.1 Å². The fourth-order valence-electron chi connectivity index (χ4n) is 2.90. The van der Waals surface area contributed by atoms with Crippen LogP contribution < -0.4 is 69.3 Å². The Morgan fingerprint density at radius 1 is 0.862 bits per heavy atom. The molecule has 1 N–H and O–H groups in total. The van der Waals surface area contributed by atoms with Gasteiger partial charge in [0.2, 0.25) is 0 Å². The van der Waals surface area contributed by atoms with Gasteiger partial charge in [0.1, 0.15) is 4.75 Å². The van der Waals surface area contributed by atoms with E-state index in [-0.39, 0.29) is 59.1 Å². The van der Waals surface area contributed by atoms with Crippen LogP contribution in [0.3, 0.4) is 0 Å². The van der Waals surface area contributed by atoms with E-state index in [1.165, 1.54) is 51.0 Å². The molecule has 0 aromatic rings. The van der Waals surface area contributed by atoms with Crippen molar-refractivity contribution in [2.75, 3.05) is 0 Å². The van der Waals surface area contributed by atoms with Crippen molar-refractivity contribution in [3.8, 4) is 0 Å². The van der Waals surface area contributed by atoms with Crippen molar-refractivity contribution in [2.24, 2.45) is 0 Å². The summed E-state index contributed by atoms with van der Waals surface area (Å²) in [5.74, 6) is -4.04. The van der Waals surface area contributed by atoms with Crippen LogP contribution in [-0.4, -0.2) is 29.7 Å². The molecule has 0 amide bonds. The van der Waals surface area contributed by atoms with Crippen LogP contribution in [0.15, 0.2) is 12.2 Å². The van der Waals surface area contributed by atoms with E-state index in [1.807, 2.05) is 0 Å². The molecule has 0 aromatic heterocycles. The Kier molecular flexibility index (Phi) is 22.8. The Morgan fingerprint density at radius 2 is 1.31 bits per heavy atom. The average Bonchev–Trinajstić information content (AvgIpc) is 2.56. The number of carboxylic acid groups (broad SMARTS) is 2. The summed E-state index contributed by atoms with van der Waals surface area (Å²) in [6.45, 7) is 2.19. The summed E-state index contributed by atoms with van der Waals surface area (Å²) in [7, 11) is -5.17. The number of carboxylic acids is 2. The van der Waals surface area contributed by atoms with E-state index in [2.05, 4.69) is 6.92 Å². The van der Waals surface area contributed by atoms with Crippen molar-refractivity contribution in [3.05, 3.63) is 12.2 Å². The summed E-state index contributed by atoms with van der Waals surface area (Å²) >= 11 is 0. The van der Waals surface area contributed by atoms with Gasteiger partial charge in [0.15, 0.2) is 0 Å². The van der Waals surface area contributed by atoms with Crippen molar-refractivity contribution in [1.82, 2.24) is 0 Å². The summed E-state index contributed by atoms with van der Waals surface area (Å²) in [6, 6.07) is 0. The summed E-state index contributed by atoms with van der Waals surface area (Å²) in [6.07, 6.45) is 13.2. The standard InChI is InChI=1S/C19H34O7S.2Na/c1-2-3-4-5-6-7-8-9-10-11-12-13-14-15-19(18(22)23,16-17(20)21)27(24,25)26;;/h13-14H,2-12,15-16H2,1H3,(H,20,21)(H,22,23)(H,24,25,26);;/q;2*+1/p-2. The maximum Gasteiger partial charge on any atom is 1.00 e. The zero-order valence-corrected chi connectivity index (χ0v) is 23.0. The summed E-state index contributed by atoms with van der Waals surface area (Å²) in [5.41, 5.74) is 0. The zero-order valence-electron chi connectivity index (χ0n) is 18.2. The van der Waals surface area contributed by atoms with Crippen LogP contribution in [0.25, 0.3) is 0 Å². The Bertz CT molecular complexity index is 579. The Morgan fingerprint density at radius 3 is 1.69 bits per heavy atom. The first-order chi connectivity index (χ1) is 12.7. The third kappa shape index (κ3) is 15.1. The zero-order chi connectivity index (χ0) is 20.8. The molecule has 0 fully saturated rings. The molecule has 0 bridgehead atoms. The van der Waals surface area contributed by atoms with Gasteiger partial charge in [-0.3, -0.25) is 4.55 Å². The van der Waals surface area contributed by atoms with Gasteiger partial charge in [-0.1, -0.05) is 76.9 Å². The van der Waals surface area contributed by atoms with Gasteiger partial charge in [-0.25, -0.2) is 0 Å². The second-order valence-corrected chi connectivity index (χ2v) is 8.68. The molecule has 7 nitrogen and oxygen atoms in total. The molecule has 0 aliphatic heterocycles. The number of aliphatic carboxylic acids is 2. The minimum atomic E-state index is -5.17. The molecule has 0 heterocycles. The van der Waals surface area contributed by atoms with E-state index in [1.54, 1.807) is 6.08 Å². The van der Waals surface area contributed by atoms with Crippen molar-refractivity contribution >= 4 is 22.1 Å². The molecule has 0 saturated heterocycles. The molecule has 10 heteroatoms. The predicted molar refractivity (Wildman–Crippen MR) is 99.1 cm³/mol. The minimum absolute atomic E-state index is 0. The molecule has 0 radical (unpaired) electrons. The Balaban J connectivity index is -0.00000338. The van der Waals surface area contributed by atoms with Crippen LogP contribution in [0.2, 0.25) is 0 Å². The maximum absolute atomic E-state index is 11.4. The average molecular weight is 451 g/mol. The monoisotopic (exact) mass is 450 g/mol. The largest absolute Gasteiger partial charge is 1.00 e. The van der Waals surface area contributed by atoms with Crippen LogP contribution in [-0.2, 0) is 19.7 Å².